The molecule has 5 nitrogen and oxygen atoms in total. The van der Waals surface area contributed by atoms with E-state index in [9.17, 15) is 10.1 Å². The Morgan fingerprint density at radius 2 is 2.12 bits per heavy atom. The van der Waals surface area contributed by atoms with Crippen molar-refractivity contribution in [1.82, 2.24) is 4.98 Å². The van der Waals surface area contributed by atoms with E-state index in [1.54, 1.807) is 19.9 Å². The first kappa shape index (κ1) is 18.8. The molecule has 0 radical (unpaired) electrons. The van der Waals surface area contributed by atoms with E-state index in [0.29, 0.717) is 34.2 Å². The third-order valence-corrected chi connectivity index (χ3v) is 4.33. The van der Waals surface area contributed by atoms with Gasteiger partial charge in [0.25, 0.3) is 0 Å². The highest BCUT2D eigenvalue weighted by Gasteiger charge is 2.16. The molecule has 0 unspecified atom stereocenters. The zero-order chi connectivity index (χ0) is 18.2. The van der Waals surface area contributed by atoms with Gasteiger partial charge in [-0.3, -0.25) is 0 Å². The number of rotatable bonds is 7. The number of ether oxygens (including phenoxy) is 2. The molecule has 0 aliphatic carbocycles. The topological polar surface area (TPSA) is 72.2 Å². The lowest BCUT2D eigenvalue weighted by atomic mass is 10.1. The molecule has 1 aromatic heterocycles. The number of benzene rings is 1. The van der Waals surface area contributed by atoms with Crippen LogP contribution in [0.2, 0.25) is 0 Å². The fourth-order valence-corrected chi connectivity index (χ4v) is 3.01. The van der Waals surface area contributed by atoms with E-state index in [2.05, 4.69) is 11.1 Å². The van der Waals surface area contributed by atoms with Crippen molar-refractivity contribution in [2.24, 2.45) is 0 Å². The fraction of sp³-hybridized carbons (Fsp3) is 0.316. The predicted octanol–water partition coefficient (Wildman–Crippen LogP) is 3.92. The van der Waals surface area contributed by atoms with Crippen LogP contribution in [0.25, 0.3) is 0 Å². The second-order valence-electron chi connectivity index (χ2n) is 5.32. The summed E-state index contributed by atoms with van der Waals surface area (Å²) in [7, 11) is 0. The molecule has 0 spiro atoms. The maximum absolute atomic E-state index is 11.9. The van der Waals surface area contributed by atoms with Gasteiger partial charge < -0.3 is 9.47 Å². The van der Waals surface area contributed by atoms with Crippen LogP contribution in [0, 0.1) is 25.2 Å². The smallest absolute Gasteiger partial charge is 0.340 e. The number of hydrogen-bond acceptors (Lipinski definition) is 6. The summed E-state index contributed by atoms with van der Waals surface area (Å²) in [6.07, 6.45) is 0. The summed E-state index contributed by atoms with van der Waals surface area (Å²) < 4.78 is 10.7. The van der Waals surface area contributed by atoms with Crippen molar-refractivity contribution in [3.63, 3.8) is 0 Å². The average Bonchev–Trinajstić information content (AvgIpc) is 2.59. The third kappa shape index (κ3) is 5.23. The number of pyridine rings is 1. The first-order valence-electron chi connectivity index (χ1n) is 7.96. The lowest BCUT2D eigenvalue weighted by Crippen LogP contribution is -2.09. The summed E-state index contributed by atoms with van der Waals surface area (Å²) >= 11 is 1.43. The van der Waals surface area contributed by atoms with E-state index in [4.69, 9.17) is 9.47 Å². The summed E-state index contributed by atoms with van der Waals surface area (Å²) in [5.41, 5.74) is 2.40. The molecule has 130 valence electrons. The molecule has 0 bridgehead atoms. The van der Waals surface area contributed by atoms with Crippen molar-refractivity contribution in [1.29, 1.82) is 5.26 Å². The summed E-state index contributed by atoms with van der Waals surface area (Å²) in [5.74, 6) is 1.01. The Bertz CT molecular complexity index is 800. The Hall–Kier alpha value is -2.52. The molecule has 0 amide bonds. The number of aryl methyl sites for hydroxylation is 2. The maximum atomic E-state index is 11.9. The van der Waals surface area contributed by atoms with Gasteiger partial charge in [-0.05, 0) is 44.5 Å². The number of carbonyl (C=O) groups excluding carboxylic acids is 1. The number of hydrogen-bond donors (Lipinski definition) is 0. The highest BCUT2D eigenvalue weighted by atomic mass is 32.2. The molecule has 0 aliphatic rings. The molecule has 0 aliphatic heterocycles. The minimum atomic E-state index is -0.455. The first-order chi connectivity index (χ1) is 12.0. The summed E-state index contributed by atoms with van der Waals surface area (Å²) in [5, 5.41) is 9.92. The highest BCUT2D eigenvalue weighted by Crippen LogP contribution is 2.23. The van der Waals surface area contributed by atoms with E-state index < -0.39 is 5.97 Å². The number of nitrogens with zero attached hydrogens (tertiary/aromatic N) is 2. The largest absolute Gasteiger partial charge is 0.493 e. The van der Waals surface area contributed by atoms with E-state index in [-0.39, 0.29) is 6.61 Å². The quantitative estimate of drug-likeness (QED) is 0.425. The standard InChI is InChI=1S/C19H20N2O3S/c1-4-23-19(22)17-11-15(12-20)18(21-14(17)3)25-9-8-24-16-7-5-6-13(2)10-16/h5-7,10-11H,4,8-9H2,1-3H3. The van der Waals surface area contributed by atoms with Gasteiger partial charge in [0, 0.05) is 5.75 Å². The van der Waals surface area contributed by atoms with E-state index >= 15 is 0 Å². The van der Waals surface area contributed by atoms with Crippen molar-refractivity contribution >= 4 is 17.7 Å². The molecule has 2 rings (SSSR count). The Morgan fingerprint density at radius 1 is 1.32 bits per heavy atom. The maximum Gasteiger partial charge on any atom is 0.340 e. The van der Waals surface area contributed by atoms with Crippen molar-refractivity contribution in [2.75, 3.05) is 19.0 Å². The Labute approximate surface area is 152 Å². The molecule has 1 aromatic carbocycles. The fourth-order valence-electron chi connectivity index (χ4n) is 2.19. The van der Waals surface area contributed by atoms with Gasteiger partial charge in [-0.1, -0.05) is 12.1 Å². The van der Waals surface area contributed by atoms with Crippen LogP contribution in [0.5, 0.6) is 5.75 Å². The minimum absolute atomic E-state index is 0.285. The first-order valence-corrected chi connectivity index (χ1v) is 8.94. The van der Waals surface area contributed by atoms with Gasteiger partial charge in [0.05, 0.1) is 30.0 Å². The third-order valence-electron chi connectivity index (χ3n) is 3.37. The van der Waals surface area contributed by atoms with Gasteiger partial charge in [0.1, 0.15) is 16.8 Å². The highest BCUT2D eigenvalue weighted by molar-refractivity contribution is 7.99. The van der Waals surface area contributed by atoms with Crippen molar-refractivity contribution in [3.8, 4) is 11.8 Å². The Kier molecular flexibility index (Phi) is 6.84. The van der Waals surface area contributed by atoms with Crippen LogP contribution in [0.3, 0.4) is 0 Å². The van der Waals surface area contributed by atoms with Gasteiger partial charge in [0.2, 0.25) is 0 Å². The number of aromatic nitrogens is 1. The number of esters is 1. The number of nitriles is 1. The van der Waals surface area contributed by atoms with E-state index in [1.165, 1.54) is 11.8 Å². The van der Waals surface area contributed by atoms with Crippen LogP contribution in [-0.4, -0.2) is 29.9 Å². The molecule has 25 heavy (non-hydrogen) atoms. The second kappa shape index (κ2) is 9.09. The van der Waals surface area contributed by atoms with Crippen LogP contribution in [0.4, 0.5) is 0 Å². The molecule has 0 fully saturated rings. The zero-order valence-electron chi connectivity index (χ0n) is 14.5. The molecular formula is C19H20N2O3S. The van der Waals surface area contributed by atoms with Crippen LogP contribution < -0.4 is 4.74 Å². The van der Waals surface area contributed by atoms with Crippen LogP contribution in [-0.2, 0) is 4.74 Å². The Morgan fingerprint density at radius 3 is 2.80 bits per heavy atom. The SMILES string of the molecule is CCOC(=O)c1cc(C#N)c(SCCOc2cccc(C)c2)nc1C. The molecule has 1 heterocycles. The van der Waals surface area contributed by atoms with Crippen molar-refractivity contribution < 1.29 is 14.3 Å². The number of carbonyl (C=O) groups is 1. The average molecular weight is 356 g/mol. The predicted molar refractivity (Wildman–Crippen MR) is 97.0 cm³/mol. The molecule has 0 atom stereocenters. The van der Waals surface area contributed by atoms with Gasteiger partial charge in [0.15, 0.2) is 0 Å². The summed E-state index contributed by atoms with van der Waals surface area (Å²) in [6, 6.07) is 11.5. The van der Waals surface area contributed by atoms with Gasteiger partial charge in [-0.25, -0.2) is 9.78 Å². The molecule has 6 heteroatoms. The molecule has 2 aromatic rings. The van der Waals surface area contributed by atoms with Crippen molar-refractivity contribution in [2.45, 2.75) is 25.8 Å². The lowest BCUT2D eigenvalue weighted by molar-refractivity contribution is 0.0524. The van der Waals surface area contributed by atoms with E-state index in [1.807, 2.05) is 31.2 Å². The van der Waals surface area contributed by atoms with Crippen molar-refractivity contribution in [3.05, 3.63) is 52.7 Å². The minimum Gasteiger partial charge on any atom is -0.493 e. The van der Waals surface area contributed by atoms with Crippen LogP contribution in [0.1, 0.15) is 34.1 Å². The van der Waals surface area contributed by atoms with Gasteiger partial charge >= 0.3 is 5.97 Å². The second-order valence-corrected chi connectivity index (χ2v) is 6.40. The molecule has 0 N–H and O–H groups in total. The summed E-state index contributed by atoms with van der Waals surface area (Å²) in [4.78, 5) is 16.3. The van der Waals surface area contributed by atoms with E-state index in [0.717, 1.165) is 11.3 Å². The molecular weight excluding hydrogens is 336 g/mol. The normalized spacial score (nSPS) is 10.2. The monoisotopic (exact) mass is 356 g/mol. The van der Waals surface area contributed by atoms with Crippen LogP contribution >= 0.6 is 11.8 Å². The van der Waals surface area contributed by atoms with Gasteiger partial charge in [-0.2, -0.15) is 5.26 Å². The summed E-state index contributed by atoms with van der Waals surface area (Å²) in [6.45, 7) is 6.27. The lowest BCUT2D eigenvalue weighted by Gasteiger charge is -2.10. The zero-order valence-corrected chi connectivity index (χ0v) is 15.4. The number of thioether (sulfide) groups is 1. The molecule has 0 saturated carbocycles. The van der Waals surface area contributed by atoms with Gasteiger partial charge in [-0.15, -0.1) is 11.8 Å². The molecule has 0 saturated heterocycles. The van der Waals surface area contributed by atoms with Crippen LogP contribution in [0.15, 0.2) is 35.4 Å². The Balaban J connectivity index is 2.01.